The molecule has 0 spiro atoms. The fourth-order valence-electron chi connectivity index (χ4n) is 3.29. The summed E-state index contributed by atoms with van der Waals surface area (Å²) in [5, 5.41) is 5.50. The molecule has 26 heavy (non-hydrogen) atoms. The minimum absolute atomic E-state index is 0.260. The molecule has 1 atom stereocenters. The van der Waals surface area contributed by atoms with Crippen molar-refractivity contribution in [3.63, 3.8) is 0 Å². The monoisotopic (exact) mass is 364 g/mol. The van der Waals surface area contributed by atoms with Gasteiger partial charge in [-0.1, -0.05) is 66.2 Å². The van der Waals surface area contributed by atoms with Gasteiger partial charge >= 0.3 is 6.03 Å². The van der Waals surface area contributed by atoms with Gasteiger partial charge in [0.2, 0.25) is 0 Å². The van der Waals surface area contributed by atoms with Crippen LogP contribution in [0.5, 0.6) is 0 Å². The molecule has 0 saturated carbocycles. The Hall–Kier alpha value is -2.85. The van der Waals surface area contributed by atoms with E-state index in [4.69, 9.17) is 11.6 Å². The van der Waals surface area contributed by atoms with E-state index < -0.39 is 12.1 Å². The van der Waals surface area contributed by atoms with Crippen molar-refractivity contribution >= 4 is 40.0 Å². The highest BCUT2D eigenvalue weighted by atomic mass is 35.5. The van der Waals surface area contributed by atoms with Crippen molar-refractivity contribution in [1.82, 2.24) is 5.32 Å². The molecule has 5 heteroatoms. The smallest absolute Gasteiger partial charge is 0.325 e. The van der Waals surface area contributed by atoms with Gasteiger partial charge in [-0.2, -0.15) is 0 Å². The number of hydrogen-bond acceptors (Lipinski definition) is 2. The Balaban J connectivity index is 1.49. The summed E-state index contributed by atoms with van der Waals surface area (Å²) in [7, 11) is 0. The number of urea groups is 1. The number of aryl methyl sites for hydroxylation is 1. The number of rotatable bonds is 4. The summed E-state index contributed by atoms with van der Waals surface area (Å²) in [6.07, 6.45) is 1.25. The molecule has 1 aliphatic heterocycles. The van der Waals surface area contributed by atoms with Gasteiger partial charge in [-0.15, -0.1) is 0 Å². The van der Waals surface area contributed by atoms with Crippen molar-refractivity contribution in [2.24, 2.45) is 0 Å². The normalized spacial score (nSPS) is 17.0. The fourth-order valence-corrected chi connectivity index (χ4v) is 3.51. The van der Waals surface area contributed by atoms with Crippen molar-refractivity contribution < 1.29 is 9.59 Å². The van der Waals surface area contributed by atoms with Crippen molar-refractivity contribution in [1.29, 1.82) is 0 Å². The highest BCUT2D eigenvalue weighted by molar-refractivity contribution is 6.35. The number of para-hydroxylation sites is 1. The SMILES string of the molecule is O=C1NC(CCc2ccc3ccccc3c2)C(=O)N1c1ccccc1Cl. The molecule has 1 N–H and O–H groups in total. The number of halogens is 1. The number of nitrogens with zero attached hydrogens (tertiary/aromatic N) is 1. The van der Waals surface area contributed by atoms with Crippen LogP contribution >= 0.6 is 11.6 Å². The first-order valence-electron chi connectivity index (χ1n) is 8.50. The van der Waals surface area contributed by atoms with Crippen LogP contribution in [-0.2, 0) is 11.2 Å². The maximum atomic E-state index is 12.7. The Labute approximate surface area is 156 Å². The van der Waals surface area contributed by atoms with Crippen molar-refractivity contribution in [3.05, 3.63) is 77.3 Å². The van der Waals surface area contributed by atoms with Crippen molar-refractivity contribution in [2.75, 3.05) is 4.90 Å². The number of amides is 3. The van der Waals surface area contributed by atoms with Gasteiger partial charge in [-0.05, 0) is 41.3 Å². The Morgan fingerprint density at radius 2 is 1.65 bits per heavy atom. The lowest BCUT2D eigenvalue weighted by Gasteiger charge is -2.14. The first kappa shape index (κ1) is 16.6. The average molecular weight is 365 g/mol. The predicted octanol–water partition coefficient (Wildman–Crippen LogP) is 4.55. The second-order valence-corrected chi connectivity index (χ2v) is 6.75. The van der Waals surface area contributed by atoms with E-state index in [1.54, 1.807) is 24.3 Å². The number of nitrogens with one attached hydrogen (secondary N) is 1. The first-order chi connectivity index (χ1) is 12.6. The molecule has 3 amide bonds. The molecule has 0 aromatic heterocycles. The summed E-state index contributed by atoms with van der Waals surface area (Å²) in [5.74, 6) is -0.260. The summed E-state index contributed by atoms with van der Waals surface area (Å²) < 4.78 is 0. The molecule has 1 heterocycles. The molecular formula is C21H17ClN2O2. The minimum atomic E-state index is -0.537. The van der Waals surface area contributed by atoms with Crippen molar-refractivity contribution in [3.8, 4) is 0 Å². The molecule has 1 unspecified atom stereocenters. The van der Waals surface area contributed by atoms with E-state index in [2.05, 4.69) is 35.6 Å². The van der Waals surface area contributed by atoms with Crippen LogP contribution in [0.3, 0.4) is 0 Å². The maximum absolute atomic E-state index is 12.7. The highest BCUT2D eigenvalue weighted by Gasteiger charge is 2.39. The minimum Gasteiger partial charge on any atom is -0.325 e. The second-order valence-electron chi connectivity index (χ2n) is 6.35. The van der Waals surface area contributed by atoms with E-state index in [0.717, 1.165) is 10.5 Å². The number of fused-ring (bicyclic) bond motifs is 1. The molecule has 1 aliphatic rings. The average Bonchev–Trinajstić information content (AvgIpc) is 2.94. The third kappa shape index (κ3) is 3.04. The fraction of sp³-hybridized carbons (Fsp3) is 0.143. The third-order valence-corrected chi connectivity index (χ3v) is 4.97. The van der Waals surface area contributed by atoms with Crippen molar-refractivity contribution in [2.45, 2.75) is 18.9 Å². The lowest BCUT2D eigenvalue weighted by Crippen LogP contribution is -2.31. The molecule has 4 nitrogen and oxygen atoms in total. The van der Waals surface area contributed by atoms with Gasteiger partial charge in [-0.25, -0.2) is 9.69 Å². The van der Waals surface area contributed by atoms with Gasteiger partial charge in [0, 0.05) is 0 Å². The summed E-state index contributed by atoms with van der Waals surface area (Å²) in [5.41, 5.74) is 1.56. The van der Waals surface area contributed by atoms with E-state index >= 15 is 0 Å². The number of benzene rings is 3. The molecular weight excluding hydrogens is 348 g/mol. The van der Waals surface area contributed by atoms with Crippen LogP contribution < -0.4 is 10.2 Å². The zero-order chi connectivity index (χ0) is 18.1. The molecule has 4 rings (SSSR count). The number of carbonyl (C=O) groups excluding carboxylic acids is 2. The van der Waals surface area contributed by atoms with Crippen LogP contribution in [0.4, 0.5) is 10.5 Å². The molecule has 3 aromatic rings. The Morgan fingerprint density at radius 3 is 2.46 bits per heavy atom. The maximum Gasteiger partial charge on any atom is 0.329 e. The van der Waals surface area contributed by atoms with Gasteiger partial charge in [0.05, 0.1) is 10.7 Å². The Bertz CT molecular complexity index is 1000. The quantitative estimate of drug-likeness (QED) is 0.690. The van der Waals surface area contributed by atoms with E-state index in [9.17, 15) is 9.59 Å². The topological polar surface area (TPSA) is 49.4 Å². The summed E-state index contributed by atoms with van der Waals surface area (Å²) in [6, 6.07) is 20.3. The van der Waals surface area contributed by atoms with Gasteiger partial charge in [-0.3, -0.25) is 4.79 Å². The van der Waals surface area contributed by atoms with Gasteiger partial charge in [0.1, 0.15) is 6.04 Å². The number of carbonyl (C=O) groups is 2. The number of anilines is 1. The zero-order valence-corrected chi connectivity index (χ0v) is 14.7. The molecule has 1 fully saturated rings. The lowest BCUT2D eigenvalue weighted by atomic mass is 10.0. The lowest BCUT2D eigenvalue weighted by molar-refractivity contribution is -0.118. The Kier molecular flexibility index (Phi) is 4.35. The van der Waals surface area contributed by atoms with E-state index in [-0.39, 0.29) is 5.91 Å². The largest absolute Gasteiger partial charge is 0.329 e. The van der Waals surface area contributed by atoms with Gasteiger partial charge < -0.3 is 5.32 Å². The molecule has 130 valence electrons. The first-order valence-corrected chi connectivity index (χ1v) is 8.88. The summed E-state index contributed by atoms with van der Waals surface area (Å²) in [4.78, 5) is 26.1. The third-order valence-electron chi connectivity index (χ3n) is 4.65. The van der Waals surface area contributed by atoms with E-state index in [1.807, 2.05) is 12.1 Å². The van der Waals surface area contributed by atoms with Gasteiger partial charge in [0.15, 0.2) is 0 Å². The summed E-state index contributed by atoms with van der Waals surface area (Å²) >= 11 is 6.14. The predicted molar refractivity (Wildman–Crippen MR) is 104 cm³/mol. The van der Waals surface area contributed by atoms with Crippen LogP contribution in [0.1, 0.15) is 12.0 Å². The molecule has 0 bridgehead atoms. The molecule has 3 aromatic carbocycles. The van der Waals surface area contributed by atoms with Crippen LogP contribution in [0.2, 0.25) is 5.02 Å². The standard InChI is InChI=1S/C21H17ClN2O2/c22-17-7-3-4-8-19(17)24-20(25)18(23-21(24)26)12-10-14-9-11-15-5-1-2-6-16(15)13-14/h1-9,11,13,18H,10,12H2,(H,23,26). The Morgan fingerprint density at radius 1 is 0.923 bits per heavy atom. The molecule has 1 saturated heterocycles. The van der Waals surface area contributed by atoms with Crippen LogP contribution in [0, 0.1) is 0 Å². The molecule has 0 aliphatic carbocycles. The second kappa shape index (κ2) is 6.81. The summed E-state index contributed by atoms with van der Waals surface area (Å²) in [6.45, 7) is 0. The van der Waals surface area contributed by atoms with Crippen LogP contribution in [-0.4, -0.2) is 18.0 Å². The van der Waals surface area contributed by atoms with Crippen LogP contribution in [0.15, 0.2) is 66.7 Å². The molecule has 0 radical (unpaired) electrons. The highest BCUT2D eigenvalue weighted by Crippen LogP contribution is 2.28. The number of hydrogen-bond donors (Lipinski definition) is 1. The van der Waals surface area contributed by atoms with E-state index in [1.165, 1.54) is 10.8 Å². The zero-order valence-electron chi connectivity index (χ0n) is 14.0. The van der Waals surface area contributed by atoms with Crippen LogP contribution in [0.25, 0.3) is 10.8 Å². The number of imide groups is 1. The van der Waals surface area contributed by atoms with Gasteiger partial charge in [0.25, 0.3) is 5.91 Å². The van der Waals surface area contributed by atoms with E-state index in [0.29, 0.717) is 23.6 Å².